The zero-order chi connectivity index (χ0) is 10.1. The second-order valence-electron chi connectivity index (χ2n) is 4.04. The topological polar surface area (TPSA) is 0 Å². The van der Waals surface area contributed by atoms with Crippen LogP contribution in [0.25, 0.3) is 5.03 Å². The van der Waals surface area contributed by atoms with Crippen molar-refractivity contribution < 1.29 is 0 Å². The molecule has 1 atom stereocenters. The molecule has 74 valence electrons. The SMILES string of the molecule is CCc1ccc2c(c1)C(Cl)=CC(C)C2. The fourth-order valence-electron chi connectivity index (χ4n) is 1.99. The van der Waals surface area contributed by atoms with Crippen molar-refractivity contribution in [2.75, 3.05) is 0 Å². The third-order valence-corrected chi connectivity index (χ3v) is 3.14. The molecule has 0 spiro atoms. The summed E-state index contributed by atoms with van der Waals surface area (Å²) >= 11 is 6.23. The van der Waals surface area contributed by atoms with E-state index in [1.807, 2.05) is 0 Å². The summed E-state index contributed by atoms with van der Waals surface area (Å²) in [6, 6.07) is 6.65. The van der Waals surface area contributed by atoms with Crippen molar-refractivity contribution in [3.05, 3.63) is 41.0 Å². The molecule has 14 heavy (non-hydrogen) atoms. The molecule has 0 bridgehead atoms. The average molecular weight is 207 g/mol. The molecule has 0 aliphatic heterocycles. The molecule has 0 fully saturated rings. The minimum absolute atomic E-state index is 0.572. The first-order chi connectivity index (χ1) is 6.70. The molecule has 1 aliphatic rings. The Morgan fingerprint density at radius 3 is 2.93 bits per heavy atom. The molecule has 1 aromatic carbocycles. The summed E-state index contributed by atoms with van der Waals surface area (Å²) in [4.78, 5) is 0. The molecular weight excluding hydrogens is 192 g/mol. The maximum Gasteiger partial charge on any atom is 0.0444 e. The molecule has 0 saturated carbocycles. The highest BCUT2D eigenvalue weighted by atomic mass is 35.5. The summed E-state index contributed by atoms with van der Waals surface area (Å²) in [5.74, 6) is 0.572. The van der Waals surface area contributed by atoms with Gasteiger partial charge in [0.25, 0.3) is 0 Å². The molecular formula is C13H15Cl. The third-order valence-electron chi connectivity index (χ3n) is 2.81. The predicted octanol–water partition coefficient (Wildman–Crippen LogP) is 4.02. The highest BCUT2D eigenvalue weighted by Gasteiger charge is 2.15. The van der Waals surface area contributed by atoms with Gasteiger partial charge >= 0.3 is 0 Å². The van der Waals surface area contributed by atoms with Gasteiger partial charge in [-0.2, -0.15) is 0 Å². The highest BCUT2D eigenvalue weighted by molar-refractivity contribution is 6.49. The zero-order valence-electron chi connectivity index (χ0n) is 8.68. The first-order valence-electron chi connectivity index (χ1n) is 5.20. The molecule has 0 amide bonds. The van der Waals surface area contributed by atoms with E-state index in [4.69, 9.17) is 11.6 Å². The Labute approximate surface area is 90.6 Å². The van der Waals surface area contributed by atoms with E-state index < -0.39 is 0 Å². The van der Waals surface area contributed by atoms with Gasteiger partial charge in [0.15, 0.2) is 0 Å². The maximum absolute atomic E-state index is 6.23. The van der Waals surface area contributed by atoms with Crippen molar-refractivity contribution in [3.8, 4) is 0 Å². The summed E-state index contributed by atoms with van der Waals surface area (Å²) < 4.78 is 0. The molecule has 1 unspecified atom stereocenters. The first-order valence-corrected chi connectivity index (χ1v) is 5.58. The average Bonchev–Trinajstić information content (AvgIpc) is 2.17. The van der Waals surface area contributed by atoms with Gasteiger partial charge in [-0.05, 0) is 35.4 Å². The Kier molecular flexibility index (Phi) is 2.64. The molecule has 0 radical (unpaired) electrons. The lowest BCUT2D eigenvalue weighted by molar-refractivity contribution is 0.715. The maximum atomic E-state index is 6.23. The van der Waals surface area contributed by atoms with Crippen LogP contribution in [0.4, 0.5) is 0 Å². The summed E-state index contributed by atoms with van der Waals surface area (Å²) in [7, 11) is 0. The van der Waals surface area contributed by atoms with Crippen LogP contribution in [0.1, 0.15) is 30.5 Å². The molecule has 2 rings (SSSR count). The minimum atomic E-state index is 0.572. The lowest BCUT2D eigenvalue weighted by Crippen LogP contribution is -2.05. The molecule has 1 heteroatoms. The Bertz CT molecular complexity index is 377. The summed E-state index contributed by atoms with van der Waals surface area (Å²) in [6.45, 7) is 4.38. The largest absolute Gasteiger partial charge is 0.0840 e. The smallest absolute Gasteiger partial charge is 0.0444 e. The van der Waals surface area contributed by atoms with Crippen molar-refractivity contribution >= 4 is 16.6 Å². The molecule has 0 nitrogen and oxygen atoms in total. The van der Waals surface area contributed by atoms with Crippen LogP contribution in [0.3, 0.4) is 0 Å². The standard InChI is InChI=1S/C13H15Cl/c1-3-10-4-5-11-6-9(2)7-13(14)12(11)8-10/h4-5,7-9H,3,6H2,1-2H3. The van der Waals surface area contributed by atoms with Gasteiger partial charge in [-0.25, -0.2) is 0 Å². The van der Waals surface area contributed by atoms with Crippen molar-refractivity contribution in [2.24, 2.45) is 5.92 Å². The monoisotopic (exact) mass is 206 g/mol. The molecule has 1 aromatic rings. The van der Waals surface area contributed by atoms with E-state index in [2.05, 4.69) is 38.1 Å². The van der Waals surface area contributed by atoms with Gasteiger partial charge < -0.3 is 0 Å². The lowest BCUT2D eigenvalue weighted by atomic mass is 9.89. The second kappa shape index (κ2) is 3.78. The lowest BCUT2D eigenvalue weighted by Gasteiger charge is -2.19. The molecule has 0 heterocycles. The van der Waals surface area contributed by atoms with Crippen molar-refractivity contribution in [1.29, 1.82) is 0 Å². The van der Waals surface area contributed by atoms with Crippen molar-refractivity contribution in [3.63, 3.8) is 0 Å². The van der Waals surface area contributed by atoms with Crippen LogP contribution in [0.15, 0.2) is 24.3 Å². The normalized spacial score (nSPS) is 20.2. The highest BCUT2D eigenvalue weighted by Crippen LogP contribution is 2.32. The Balaban J connectivity index is 2.48. The second-order valence-corrected chi connectivity index (χ2v) is 4.45. The predicted molar refractivity (Wildman–Crippen MR) is 62.5 cm³/mol. The summed E-state index contributed by atoms with van der Waals surface area (Å²) in [5, 5.41) is 0.925. The number of aryl methyl sites for hydroxylation is 1. The zero-order valence-corrected chi connectivity index (χ0v) is 9.43. The quantitative estimate of drug-likeness (QED) is 0.651. The molecule has 0 N–H and O–H groups in total. The van der Waals surface area contributed by atoms with Crippen LogP contribution in [-0.2, 0) is 12.8 Å². The minimum Gasteiger partial charge on any atom is -0.0840 e. The van der Waals surface area contributed by atoms with E-state index in [0.717, 1.165) is 17.9 Å². The Morgan fingerprint density at radius 2 is 2.21 bits per heavy atom. The van der Waals surface area contributed by atoms with Gasteiger partial charge in [-0.15, -0.1) is 0 Å². The third kappa shape index (κ3) is 1.72. The fraction of sp³-hybridized carbons (Fsp3) is 0.385. The van der Waals surface area contributed by atoms with Gasteiger partial charge in [0.2, 0.25) is 0 Å². The molecule has 0 saturated heterocycles. The van der Waals surface area contributed by atoms with Crippen LogP contribution in [-0.4, -0.2) is 0 Å². The molecule has 0 aromatic heterocycles. The van der Waals surface area contributed by atoms with Gasteiger partial charge in [-0.3, -0.25) is 0 Å². The number of benzene rings is 1. The van der Waals surface area contributed by atoms with Crippen LogP contribution in [0.2, 0.25) is 0 Å². The Morgan fingerprint density at radius 1 is 1.43 bits per heavy atom. The van der Waals surface area contributed by atoms with E-state index >= 15 is 0 Å². The van der Waals surface area contributed by atoms with Crippen LogP contribution in [0.5, 0.6) is 0 Å². The van der Waals surface area contributed by atoms with Gasteiger partial charge in [-0.1, -0.05) is 49.7 Å². The van der Waals surface area contributed by atoms with Gasteiger partial charge in [0.1, 0.15) is 0 Å². The summed E-state index contributed by atoms with van der Waals surface area (Å²) in [5.41, 5.74) is 4.00. The number of allylic oxidation sites excluding steroid dienone is 1. The van der Waals surface area contributed by atoms with Crippen LogP contribution < -0.4 is 0 Å². The van der Waals surface area contributed by atoms with E-state index in [1.165, 1.54) is 16.7 Å². The summed E-state index contributed by atoms with van der Waals surface area (Å²) in [6.07, 6.45) is 4.35. The Hall–Kier alpha value is -0.750. The van der Waals surface area contributed by atoms with Gasteiger partial charge in [0, 0.05) is 5.03 Å². The number of hydrogen-bond donors (Lipinski definition) is 0. The number of halogens is 1. The number of fused-ring (bicyclic) bond motifs is 1. The fourth-order valence-corrected chi connectivity index (χ4v) is 2.38. The van der Waals surface area contributed by atoms with Gasteiger partial charge in [0.05, 0.1) is 0 Å². The number of rotatable bonds is 1. The van der Waals surface area contributed by atoms with Crippen LogP contribution in [0, 0.1) is 5.92 Å². The van der Waals surface area contributed by atoms with E-state index in [9.17, 15) is 0 Å². The van der Waals surface area contributed by atoms with E-state index in [-0.39, 0.29) is 0 Å². The molecule has 1 aliphatic carbocycles. The van der Waals surface area contributed by atoms with Crippen molar-refractivity contribution in [1.82, 2.24) is 0 Å². The van der Waals surface area contributed by atoms with E-state index in [1.54, 1.807) is 0 Å². The first kappa shape index (κ1) is 9.79. The van der Waals surface area contributed by atoms with E-state index in [0.29, 0.717) is 5.92 Å². The number of hydrogen-bond acceptors (Lipinski definition) is 0. The van der Waals surface area contributed by atoms with Crippen molar-refractivity contribution in [2.45, 2.75) is 26.7 Å². The van der Waals surface area contributed by atoms with Crippen LogP contribution >= 0.6 is 11.6 Å².